The number of hydrogen-bond donors (Lipinski definition) is 1. The lowest BCUT2D eigenvalue weighted by Gasteiger charge is -2.42. The molecule has 1 aliphatic rings. The second kappa shape index (κ2) is 6.44. The normalized spacial score (nSPS) is 18.3. The number of hydrogen-bond acceptors (Lipinski definition) is 3. The lowest BCUT2D eigenvalue weighted by Crippen LogP contribution is -2.55. The van der Waals surface area contributed by atoms with E-state index in [0.717, 1.165) is 37.3 Å². The minimum atomic E-state index is 0.0476. The number of carbonyl (C=O) groups is 1. The number of carbonyl (C=O) groups excluding carboxylic acids is 1. The largest absolute Gasteiger partial charge is 0.368 e. The van der Waals surface area contributed by atoms with Gasteiger partial charge >= 0.3 is 0 Å². The molecule has 3 rings (SSSR count). The summed E-state index contributed by atoms with van der Waals surface area (Å²) in [5, 5.41) is 7.12. The summed E-state index contributed by atoms with van der Waals surface area (Å²) in [5.74, 6) is 0.0476. The van der Waals surface area contributed by atoms with Crippen molar-refractivity contribution in [1.29, 1.82) is 0 Å². The van der Waals surface area contributed by atoms with Crippen LogP contribution in [0.5, 0.6) is 0 Å². The van der Waals surface area contributed by atoms with Crippen LogP contribution in [0.3, 0.4) is 0 Å². The standard InChI is InChI=1S/C18H24N4O/c1-4-15-12-21(16-8-6-5-7-9-16)10-11-22(15)18(23)17-13(2)14(3)19-20-17/h5-9,15H,4,10-12H2,1-3H3,(H,19,20). The fraction of sp³-hybridized carbons (Fsp3) is 0.444. The van der Waals surface area contributed by atoms with E-state index >= 15 is 0 Å². The van der Waals surface area contributed by atoms with Gasteiger partial charge in [-0.2, -0.15) is 5.10 Å². The number of aryl methyl sites for hydroxylation is 1. The van der Waals surface area contributed by atoms with E-state index in [4.69, 9.17) is 0 Å². The van der Waals surface area contributed by atoms with Gasteiger partial charge in [-0.25, -0.2) is 0 Å². The van der Waals surface area contributed by atoms with Crippen LogP contribution in [0.1, 0.15) is 35.1 Å². The molecule has 23 heavy (non-hydrogen) atoms. The number of para-hydroxylation sites is 1. The minimum absolute atomic E-state index is 0.0476. The third kappa shape index (κ3) is 2.96. The number of nitrogens with one attached hydrogen (secondary N) is 1. The highest BCUT2D eigenvalue weighted by Crippen LogP contribution is 2.22. The molecule has 0 bridgehead atoms. The van der Waals surface area contributed by atoms with Crippen molar-refractivity contribution in [3.8, 4) is 0 Å². The van der Waals surface area contributed by atoms with Gasteiger partial charge in [-0.15, -0.1) is 0 Å². The van der Waals surface area contributed by atoms with Gasteiger partial charge in [0.05, 0.1) is 0 Å². The Balaban J connectivity index is 1.77. The van der Waals surface area contributed by atoms with E-state index in [0.29, 0.717) is 5.69 Å². The number of nitrogens with zero attached hydrogens (tertiary/aromatic N) is 3. The molecule has 122 valence electrons. The molecule has 1 saturated heterocycles. The minimum Gasteiger partial charge on any atom is -0.368 e. The van der Waals surface area contributed by atoms with Crippen LogP contribution in [0.2, 0.25) is 0 Å². The molecule has 1 aliphatic heterocycles. The lowest BCUT2D eigenvalue weighted by atomic mass is 10.1. The van der Waals surface area contributed by atoms with Crippen molar-refractivity contribution in [2.24, 2.45) is 0 Å². The fourth-order valence-electron chi connectivity index (χ4n) is 3.17. The van der Waals surface area contributed by atoms with Crippen molar-refractivity contribution in [2.45, 2.75) is 33.2 Å². The van der Waals surface area contributed by atoms with Crippen LogP contribution in [0.25, 0.3) is 0 Å². The number of aromatic amines is 1. The molecule has 2 heterocycles. The van der Waals surface area contributed by atoms with E-state index in [2.05, 4.69) is 46.3 Å². The van der Waals surface area contributed by atoms with Crippen LogP contribution in [0.4, 0.5) is 5.69 Å². The Morgan fingerprint density at radius 3 is 2.61 bits per heavy atom. The molecule has 0 radical (unpaired) electrons. The predicted octanol–water partition coefficient (Wildman–Crippen LogP) is 2.77. The first-order valence-electron chi connectivity index (χ1n) is 8.24. The maximum absolute atomic E-state index is 12.9. The summed E-state index contributed by atoms with van der Waals surface area (Å²) < 4.78 is 0. The summed E-state index contributed by atoms with van der Waals surface area (Å²) in [6, 6.07) is 10.6. The highest BCUT2D eigenvalue weighted by atomic mass is 16.2. The third-order valence-electron chi connectivity index (χ3n) is 4.79. The molecule has 1 N–H and O–H groups in total. The summed E-state index contributed by atoms with van der Waals surface area (Å²) >= 11 is 0. The van der Waals surface area contributed by atoms with Gasteiger partial charge in [-0.1, -0.05) is 25.1 Å². The highest BCUT2D eigenvalue weighted by molar-refractivity contribution is 5.94. The Kier molecular flexibility index (Phi) is 4.37. The summed E-state index contributed by atoms with van der Waals surface area (Å²) in [5.41, 5.74) is 3.71. The first-order chi connectivity index (χ1) is 11.1. The van der Waals surface area contributed by atoms with Crippen molar-refractivity contribution in [3.63, 3.8) is 0 Å². The number of aromatic nitrogens is 2. The SMILES string of the molecule is CCC1CN(c2ccccc2)CCN1C(=O)c1n[nH]c(C)c1C. The number of rotatable bonds is 3. The third-order valence-corrected chi connectivity index (χ3v) is 4.79. The van der Waals surface area contributed by atoms with Crippen LogP contribution in [-0.4, -0.2) is 46.7 Å². The Bertz CT molecular complexity index is 680. The maximum Gasteiger partial charge on any atom is 0.275 e. The number of benzene rings is 1. The number of anilines is 1. The number of amides is 1. The Morgan fingerprint density at radius 1 is 1.26 bits per heavy atom. The fourth-order valence-corrected chi connectivity index (χ4v) is 3.17. The van der Waals surface area contributed by atoms with Gasteiger partial charge in [0.25, 0.3) is 5.91 Å². The summed E-state index contributed by atoms with van der Waals surface area (Å²) in [7, 11) is 0. The molecule has 1 unspecified atom stereocenters. The smallest absolute Gasteiger partial charge is 0.275 e. The predicted molar refractivity (Wildman–Crippen MR) is 91.8 cm³/mol. The Morgan fingerprint density at radius 2 is 2.00 bits per heavy atom. The van der Waals surface area contributed by atoms with Crippen molar-refractivity contribution in [3.05, 3.63) is 47.3 Å². The molecule has 0 saturated carbocycles. The summed E-state index contributed by atoms with van der Waals surface area (Å²) in [4.78, 5) is 17.2. The van der Waals surface area contributed by atoms with Gasteiger partial charge in [-0.05, 0) is 32.4 Å². The number of piperazine rings is 1. The van der Waals surface area contributed by atoms with Crippen molar-refractivity contribution >= 4 is 11.6 Å². The summed E-state index contributed by atoms with van der Waals surface area (Å²) in [6.07, 6.45) is 0.942. The molecule has 1 aromatic heterocycles. The molecule has 1 aromatic carbocycles. The van der Waals surface area contributed by atoms with Crippen LogP contribution >= 0.6 is 0 Å². The summed E-state index contributed by atoms with van der Waals surface area (Å²) in [6.45, 7) is 8.50. The van der Waals surface area contributed by atoms with E-state index in [1.165, 1.54) is 5.69 Å². The van der Waals surface area contributed by atoms with E-state index in [1.807, 2.05) is 24.8 Å². The van der Waals surface area contributed by atoms with Crippen LogP contribution in [0.15, 0.2) is 30.3 Å². The Labute approximate surface area is 137 Å². The monoisotopic (exact) mass is 312 g/mol. The number of H-pyrrole nitrogens is 1. The van der Waals surface area contributed by atoms with Crippen LogP contribution in [-0.2, 0) is 0 Å². The zero-order chi connectivity index (χ0) is 16.4. The molecular weight excluding hydrogens is 288 g/mol. The highest BCUT2D eigenvalue weighted by Gasteiger charge is 2.31. The molecule has 2 aromatic rings. The van der Waals surface area contributed by atoms with E-state index in [9.17, 15) is 4.79 Å². The first kappa shape index (κ1) is 15.6. The quantitative estimate of drug-likeness (QED) is 0.948. The second-order valence-electron chi connectivity index (χ2n) is 6.16. The lowest BCUT2D eigenvalue weighted by molar-refractivity contribution is 0.0645. The molecule has 0 spiro atoms. The van der Waals surface area contributed by atoms with Gasteiger partial charge in [0.1, 0.15) is 0 Å². The van der Waals surface area contributed by atoms with E-state index < -0.39 is 0 Å². The molecule has 1 amide bonds. The van der Waals surface area contributed by atoms with Crippen LogP contribution in [0, 0.1) is 13.8 Å². The topological polar surface area (TPSA) is 52.2 Å². The Hall–Kier alpha value is -2.30. The second-order valence-corrected chi connectivity index (χ2v) is 6.16. The van der Waals surface area contributed by atoms with Gasteiger partial charge < -0.3 is 9.80 Å². The van der Waals surface area contributed by atoms with Crippen molar-refractivity contribution in [1.82, 2.24) is 15.1 Å². The molecular formula is C18H24N4O. The zero-order valence-corrected chi connectivity index (χ0v) is 14.0. The van der Waals surface area contributed by atoms with Crippen molar-refractivity contribution in [2.75, 3.05) is 24.5 Å². The van der Waals surface area contributed by atoms with Crippen LogP contribution < -0.4 is 4.90 Å². The van der Waals surface area contributed by atoms with E-state index in [-0.39, 0.29) is 11.9 Å². The van der Waals surface area contributed by atoms with Gasteiger partial charge in [0.15, 0.2) is 5.69 Å². The van der Waals surface area contributed by atoms with E-state index in [1.54, 1.807) is 0 Å². The molecule has 1 fully saturated rings. The molecule has 5 nitrogen and oxygen atoms in total. The molecule has 1 atom stereocenters. The van der Waals surface area contributed by atoms with Gasteiger partial charge in [0, 0.05) is 42.6 Å². The average molecular weight is 312 g/mol. The van der Waals surface area contributed by atoms with Crippen molar-refractivity contribution < 1.29 is 4.79 Å². The average Bonchev–Trinajstić information content (AvgIpc) is 2.93. The molecule has 5 heteroatoms. The van der Waals surface area contributed by atoms with Gasteiger partial charge in [0.2, 0.25) is 0 Å². The first-order valence-corrected chi connectivity index (χ1v) is 8.24. The maximum atomic E-state index is 12.9. The zero-order valence-electron chi connectivity index (χ0n) is 14.0. The van der Waals surface area contributed by atoms with Gasteiger partial charge in [-0.3, -0.25) is 9.89 Å². The molecule has 0 aliphatic carbocycles.